The molecule has 0 aromatic heterocycles. The quantitative estimate of drug-likeness (QED) is 0.602. The first-order valence-corrected chi connectivity index (χ1v) is 9.16. The molecule has 1 amide bonds. The third-order valence-electron chi connectivity index (χ3n) is 4.39. The molecule has 1 fully saturated rings. The van der Waals surface area contributed by atoms with Crippen molar-refractivity contribution in [1.29, 1.82) is 0 Å². The van der Waals surface area contributed by atoms with Crippen molar-refractivity contribution in [1.82, 2.24) is 4.90 Å². The fourth-order valence-corrected chi connectivity index (χ4v) is 3.52. The number of hydrogen-bond donors (Lipinski definition) is 1. The van der Waals surface area contributed by atoms with Crippen molar-refractivity contribution >= 4 is 46.2 Å². The number of carbonyl (C=O) groups excluding carboxylic acids is 1. The molecule has 7 nitrogen and oxygen atoms in total. The number of nitro groups is 1. The zero-order valence-electron chi connectivity index (χ0n) is 14.4. The van der Waals surface area contributed by atoms with Gasteiger partial charge in [-0.2, -0.15) is 0 Å². The molecule has 0 saturated carbocycles. The van der Waals surface area contributed by atoms with Gasteiger partial charge in [-0.3, -0.25) is 19.8 Å². The minimum absolute atomic E-state index is 0.0945. The number of nitrogens with one attached hydrogen (secondary N) is 1. The summed E-state index contributed by atoms with van der Waals surface area (Å²) in [7, 11) is 0. The second-order valence-electron chi connectivity index (χ2n) is 6.15. The van der Waals surface area contributed by atoms with Crippen LogP contribution in [0.2, 0.25) is 10.0 Å². The fraction of sp³-hybridized carbons (Fsp3) is 0.278. The summed E-state index contributed by atoms with van der Waals surface area (Å²) in [5.41, 5.74) is 1.11. The maximum Gasteiger partial charge on any atom is 0.292 e. The van der Waals surface area contributed by atoms with Crippen LogP contribution in [0.5, 0.6) is 0 Å². The van der Waals surface area contributed by atoms with Crippen LogP contribution in [-0.2, 0) is 4.79 Å². The average Bonchev–Trinajstić information content (AvgIpc) is 2.65. The van der Waals surface area contributed by atoms with E-state index in [1.807, 2.05) is 9.80 Å². The van der Waals surface area contributed by atoms with Gasteiger partial charge >= 0.3 is 0 Å². The molecule has 1 aliphatic rings. The largest absolute Gasteiger partial charge is 0.363 e. The summed E-state index contributed by atoms with van der Waals surface area (Å²) >= 11 is 12.1. The van der Waals surface area contributed by atoms with E-state index in [4.69, 9.17) is 23.2 Å². The van der Waals surface area contributed by atoms with E-state index >= 15 is 0 Å². The summed E-state index contributed by atoms with van der Waals surface area (Å²) in [6.07, 6.45) is 0. The lowest BCUT2D eigenvalue weighted by Gasteiger charge is -2.35. The lowest BCUT2D eigenvalue weighted by molar-refractivity contribution is -0.384. The van der Waals surface area contributed by atoms with Crippen LogP contribution in [-0.4, -0.2) is 48.5 Å². The summed E-state index contributed by atoms with van der Waals surface area (Å²) in [6.45, 7) is 2.65. The molecule has 1 heterocycles. The SMILES string of the molecule is O=C(CN1CCN(c2ccccc2[N+](=O)[O-])CC1)Nc1c(Cl)cccc1Cl. The van der Waals surface area contributed by atoms with Gasteiger partial charge in [-0.05, 0) is 18.2 Å². The van der Waals surface area contributed by atoms with Crippen LogP contribution >= 0.6 is 23.2 Å². The van der Waals surface area contributed by atoms with E-state index in [2.05, 4.69) is 5.32 Å². The van der Waals surface area contributed by atoms with Crippen molar-refractivity contribution in [2.24, 2.45) is 0 Å². The molecule has 0 atom stereocenters. The van der Waals surface area contributed by atoms with Crippen LogP contribution in [0.1, 0.15) is 0 Å². The highest BCUT2D eigenvalue weighted by Crippen LogP contribution is 2.30. The van der Waals surface area contributed by atoms with Gasteiger partial charge in [0.05, 0.1) is 27.2 Å². The molecule has 1 N–H and O–H groups in total. The predicted molar refractivity (Wildman–Crippen MR) is 107 cm³/mol. The first kappa shape index (κ1) is 19.4. The highest BCUT2D eigenvalue weighted by atomic mass is 35.5. The Balaban J connectivity index is 1.57. The first-order chi connectivity index (χ1) is 13.0. The van der Waals surface area contributed by atoms with Crippen molar-refractivity contribution in [2.45, 2.75) is 0 Å². The van der Waals surface area contributed by atoms with Crippen molar-refractivity contribution in [3.63, 3.8) is 0 Å². The minimum atomic E-state index is -0.373. The van der Waals surface area contributed by atoms with Crippen LogP contribution in [0.15, 0.2) is 42.5 Å². The van der Waals surface area contributed by atoms with Crippen LogP contribution in [0.4, 0.5) is 17.1 Å². The van der Waals surface area contributed by atoms with E-state index in [0.717, 1.165) is 0 Å². The molecule has 2 aromatic rings. The highest BCUT2D eigenvalue weighted by molar-refractivity contribution is 6.39. The van der Waals surface area contributed by atoms with Crippen LogP contribution < -0.4 is 10.2 Å². The molecule has 0 radical (unpaired) electrons. The van der Waals surface area contributed by atoms with Crippen molar-refractivity contribution < 1.29 is 9.72 Å². The summed E-state index contributed by atoms with van der Waals surface area (Å²) in [4.78, 5) is 27.1. The standard InChI is InChI=1S/C18H18Cl2N4O3/c19-13-4-3-5-14(20)18(13)21-17(25)12-22-8-10-23(11-9-22)15-6-1-2-7-16(15)24(26)27/h1-7H,8-12H2,(H,21,25). The van der Waals surface area contributed by atoms with E-state index in [-0.39, 0.29) is 23.1 Å². The van der Waals surface area contributed by atoms with Gasteiger partial charge in [0.2, 0.25) is 5.91 Å². The Hall–Kier alpha value is -2.35. The Morgan fingerprint density at radius 2 is 1.67 bits per heavy atom. The maximum absolute atomic E-state index is 12.3. The van der Waals surface area contributed by atoms with Gasteiger partial charge in [0.1, 0.15) is 5.69 Å². The molecular weight excluding hydrogens is 391 g/mol. The van der Waals surface area contributed by atoms with Gasteiger partial charge in [-0.15, -0.1) is 0 Å². The molecule has 0 aliphatic carbocycles. The molecule has 2 aromatic carbocycles. The van der Waals surface area contributed by atoms with E-state index in [0.29, 0.717) is 47.6 Å². The average molecular weight is 409 g/mol. The van der Waals surface area contributed by atoms with Crippen LogP contribution in [0.3, 0.4) is 0 Å². The monoisotopic (exact) mass is 408 g/mol. The number of halogens is 2. The normalized spacial score (nSPS) is 14.8. The number of para-hydroxylation sites is 3. The molecule has 9 heteroatoms. The molecule has 0 unspecified atom stereocenters. The van der Waals surface area contributed by atoms with E-state index < -0.39 is 0 Å². The number of piperazine rings is 1. The number of rotatable bonds is 5. The third-order valence-corrected chi connectivity index (χ3v) is 5.02. The Kier molecular flexibility index (Phi) is 6.15. The van der Waals surface area contributed by atoms with E-state index in [1.54, 1.807) is 36.4 Å². The van der Waals surface area contributed by atoms with Crippen LogP contribution in [0, 0.1) is 10.1 Å². The second-order valence-corrected chi connectivity index (χ2v) is 6.97. The van der Waals surface area contributed by atoms with Crippen LogP contribution in [0.25, 0.3) is 0 Å². The Morgan fingerprint density at radius 3 is 2.30 bits per heavy atom. The number of benzene rings is 2. The number of amides is 1. The molecule has 3 rings (SSSR count). The lowest BCUT2D eigenvalue weighted by Crippen LogP contribution is -2.48. The first-order valence-electron chi connectivity index (χ1n) is 8.40. The second kappa shape index (κ2) is 8.56. The zero-order chi connectivity index (χ0) is 19.4. The van der Waals surface area contributed by atoms with Gasteiger partial charge in [0.15, 0.2) is 0 Å². The van der Waals surface area contributed by atoms with E-state index in [9.17, 15) is 14.9 Å². The minimum Gasteiger partial charge on any atom is -0.363 e. The van der Waals surface area contributed by atoms with Gasteiger partial charge in [0, 0.05) is 32.2 Å². The van der Waals surface area contributed by atoms with Crippen molar-refractivity contribution in [2.75, 3.05) is 42.9 Å². The predicted octanol–water partition coefficient (Wildman–Crippen LogP) is 3.66. The summed E-state index contributed by atoms with van der Waals surface area (Å²) in [5, 5.41) is 14.7. The Labute approximate surface area is 166 Å². The number of carbonyl (C=O) groups is 1. The lowest BCUT2D eigenvalue weighted by atomic mass is 10.2. The van der Waals surface area contributed by atoms with Gasteiger partial charge < -0.3 is 10.2 Å². The summed E-state index contributed by atoms with van der Waals surface area (Å²) in [5.74, 6) is -0.204. The fourth-order valence-electron chi connectivity index (χ4n) is 3.03. The molecule has 0 spiro atoms. The number of hydrogen-bond acceptors (Lipinski definition) is 5. The number of nitrogens with zero attached hydrogens (tertiary/aromatic N) is 3. The molecule has 0 bridgehead atoms. The van der Waals surface area contributed by atoms with Gasteiger partial charge in [-0.1, -0.05) is 41.4 Å². The molecule has 27 heavy (non-hydrogen) atoms. The van der Waals surface area contributed by atoms with Crippen molar-refractivity contribution in [3.05, 3.63) is 62.6 Å². The molecular formula is C18H18Cl2N4O3. The summed E-state index contributed by atoms with van der Waals surface area (Å²) in [6, 6.07) is 11.7. The topological polar surface area (TPSA) is 78.7 Å². The smallest absolute Gasteiger partial charge is 0.292 e. The maximum atomic E-state index is 12.3. The van der Waals surface area contributed by atoms with E-state index in [1.165, 1.54) is 6.07 Å². The van der Waals surface area contributed by atoms with Gasteiger partial charge in [-0.25, -0.2) is 0 Å². The van der Waals surface area contributed by atoms with Gasteiger partial charge in [0.25, 0.3) is 5.69 Å². The highest BCUT2D eigenvalue weighted by Gasteiger charge is 2.24. The Bertz CT molecular complexity index is 834. The molecule has 1 aliphatic heterocycles. The zero-order valence-corrected chi connectivity index (χ0v) is 15.9. The molecule has 142 valence electrons. The number of anilines is 2. The Morgan fingerprint density at radius 1 is 1.04 bits per heavy atom. The number of nitro benzene ring substituents is 1. The summed E-state index contributed by atoms with van der Waals surface area (Å²) < 4.78 is 0. The van der Waals surface area contributed by atoms with Crippen molar-refractivity contribution in [3.8, 4) is 0 Å². The third kappa shape index (κ3) is 4.68. The molecule has 1 saturated heterocycles.